The molecule has 6 heteroatoms. The molecule has 0 N–H and O–H groups in total. The molecule has 18 heavy (non-hydrogen) atoms. The Bertz CT molecular complexity index is 716. The Hall–Kier alpha value is -1.83. The van der Waals surface area contributed by atoms with Crippen LogP contribution < -0.4 is 5.43 Å². The molecule has 0 atom stereocenters. The number of halogens is 2. The van der Waals surface area contributed by atoms with Gasteiger partial charge in [-0.3, -0.25) is 4.79 Å². The minimum Gasteiger partial charge on any atom is -0.287 e. The Kier molecular flexibility index (Phi) is 3.37. The first-order chi connectivity index (χ1) is 8.52. The maximum atomic E-state index is 11.4. The second-order valence-corrected chi connectivity index (χ2v) is 4.43. The summed E-state index contributed by atoms with van der Waals surface area (Å²) in [5.74, 6) is 0. The number of rotatable bonds is 1. The Morgan fingerprint density at radius 3 is 2.61 bits per heavy atom. The number of hydrogen-bond donors (Lipinski definition) is 0. The maximum absolute atomic E-state index is 11.4. The molecular weight excluding hydrogens is 273 g/mol. The predicted octanol–water partition coefficient (Wildman–Crippen LogP) is 2.72. The van der Waals surface area contributed by atoms with E-state index in [-0.39, 0.29) is 5.69 Å². The lowest BCUT2D eigenvalue weighted by molar-refractivity contribution is 0.790. The second kappa shape index (κ2) is 4.81. The van der Waals surface area contributed by atoms with E-state index in [1.807, 2.05) is 0 Å². The molecule has 0 radical (unpaired) electrons. The zero-order valence-electron chi connectivity index (χ0n) is 9.32. The smallest absolute Gasteiger partial charge is 0.218 e. The van der Waals surface area contributed by atoms with Gasteiger partial charge in [0.25, 0.3) is 0 Å². The molecule has 0 aliphatic heterocycles. The number of benzene rings is 1. The highest BCUT2D eigenvalue weighted by atomic mass is 35.5. The van der Waals surface area contributed by atoms with Gasteiger partial charge in [0.15, 0.2) is 0 Å². The van der Waals surface area contributed by atoms with E-state index in [9.17, 15) is 4.79 Å². The molecular formula is C12H7Cl2N3O. The minimum atomic E-state index is -0.397. The Morgan fingerprint density at radius 1 is 1.28 bits per heavy atom. The normalized spacial score (nSPS) is 10.1. The highest BCUT2D eigenvalue weighted by Crippen LogP contribution is 2.24. The Balaban J connectivity index is 2.67. The summed E-state index contributed by atoms with van der Waals surface area (Å²) < 4.78 is 1.47. The van der Waals surface area contributed by atoms with E-state index in [0.29, 0.717) is 21.4 Å². The van der Waals surface area contributed by atoms with Crippen LogP contribution in [-0.4, -0.2) is 9.78 Å². The van der Waals surface area contributed by atoms with Crippen molar-refractivity contribution in [2.24, 2.45) is 0 Å². The van der Waals surface area contributed by atoms with Crippen LogP contribution in [0.5, 0.6) is 0 Å². The standard InChI is InChI=1S/C12H7Cl2N3O/c1-7-4-12(18)11(6-15)16-17(7)8-2-3-9(13)10(14)5-8/h2-5H,1H3. The SMILES string of the molecule is Cc1cc(=O)c(C#N)nn1-c1ccc(Cl)c(Cl)c1. The fourth-order valence-electron chi connectivity index (χ4n) is 1.50. The van der Waals surface area contributed by atoms with Crippen molar-refractivity contribution < 1.29 is 0 Å². The highest BCUT2D eigenvalue weighted by Gasteiger charge is 2.08. The Labute approximate surface area is 113 Å². The molecule has 0 saturated carbocycles. The number of aryl methyl sites for hydroxylation is 1. The molecule has 90 valence electrons. The summed E-state index contributed by atoms with van der Waals surface area (Å²) in [5, 5.41) is 13.6. The first-order valence-corrected chi connectivity index (χ1v) is 5.75. The third-order valence-corrected chi connectivity index (χ3v) is 3.10. The number of hydrogen-bond acceptors (Lipinski definition) is 3. The highest BCUT2D eigenvalue weighted by molar-refractivity contribution is 6.42. The van der Waals surface area contributed by atoms with Crippen molar-refractivity contribution >= 4 is 23.2 Å². The largest absolute Gasteiger partial charge is 0.287 e. The Morgan fingerprint density at radius 2 is 2.00 bits per heavy atom. The van der Waals surface area contributed by atoms with Crippen molar-refractivity contribution in [3.63, 3.8) is 0 Å². The second-order valence-electron chi connectivity index (χ2n) is 3.62. The summed E-state index contributed by atoms with van der Waals surface area (Å²) in [5.41, 5.74) is 0.689. The first-order valence-electron chi connectivity index (χ1n) is 4.99. The number of aromatic nitrogens is 2. The lowest BCUT2D eigenvalue weighted by Gasteiger charge is -2.09. The van der Waals surface area contributed by atoms with E-state index in [4.69, 9.17) is 28.5 Å². The average molecular weight is 280 g/mol. The van der Waals surface area contributed by atoms with Gasteiger partial charge in [-0.05, 0) is 25.1 Å². The van der Waals surface area contributed by atoms with Crippen LogP contribution in [0.4, 0.5) is 0 Å². The molecule has 0 unspecified atom stereocenters. The van der Waals surface area contributed by atoms with Crippen LogP contribution in [0.3, 0.4) is 0 Å². The minimum absolute atomic E-state index is 0.160. The molecule has 1 heterocycles. The van der Waals surface area contributed by atoms with Gasteiger partial charge in [-0.2, -0.15) is 10.4 Å². The van der Waals surface area contributed by atoms with Crippen LogP contribution in [0, 0.1) is 18.3 Å². The summed E-state index contributed by atoms with van der Waals surface area (Å²) in [7, 11) is 0. The third-order valence-electron chi connectivity index (χ3n) is 2.36. The molecule has 1 aromatic heterocycles. The zero-order chi connectivity index (χ0) is 13.3. The monoisotopic (exact) mass is 279 g/mol. The topological polar surface area (TPSA) is 58.7 Å². The molecule has 2 aromatic rings. The van der Waals surface area contributed by atoms with Gasteiger partial charge in [0.2, 0.25) is 11.1 Å². The van der Waals surface area contributed by atoms with Gasteiger partial charge in [-0.1, -0.05) is 23.2 Å². The molecule has 0 spiro atoms. The van der Waals surface area contributed by atoms with E-state index in [1.165, 1.54) is 10.7 Å². The van der Waals surface area contributed by atoms with Crippen molar-refractivity contribution in [1.29, 1.82) is 5.26 Å². The molecule has 0 aliphatic carbocycles. The van der Waals surface area contributed by atoms with E-state index in [1.54, 1.807) is 31.2 Å². The lowest BCUT2D eigenvalue weighted by Crippen LogP contribution is -2.16. The molecule has 2 rings (SSSR count). The van der Waals surface area contributed by atoms with Gasteiger partial charge in [0, 0.05) is 11.8 Å². The zero-order valence-corrected chi connectivity index (χ0v) is 10.8. The summed E-state index contributed by atoms with van der Waals surface area (Å²) in [6.45, 7) is 1.72. The van der Waals surface area contributed by atoms with Gasteiger partial charge in [-0.25, -0.2) is 4.68 Å². The fourth-order valence-corrected chi connectivity index (χ4v) is 1.80. The van der Waals surface area contributed by atoms with Crippen molar-refractivity contribution in [3.8, 4) is 11.8 Å². The summed E-state index contributed by atoms with van der Waals surface area (Å²) >= 11 is 11.7. The van der Waals surface area contributed by atoms with Crippen molar-refractivity contribution in [2.75, 3.05) is 0 Å². The van der Waals surface area contributed by atoms with Gasteiger partial charge in [0.05, 0.1) is 15.7 Å². The maximum Gasteiger partial charge on any atom is 0.218 e. The molecule has 0 aliphatic rings. The van der Waals surface area contributed by atoms with Crippen LogP contribution in [0.15, 0.2) is 29.1 Å². The van der Waals surface area contributed by atoms with Crippen LogP contribution in [-0.2, 0) is 0 Å². The molecule has 0 saturated heterocycles. The molecule has 0 amide bonds. The van der Waals surface area contributed by atoms with Crippen LogP contribution >= 0.6 is 23.2 Å². The summed E-state index contributed by atoms with van der Waals surface area (Å²) in [6, 6.07) is 8.07. The van der Waals surface area contributed by atoms with E-state index in [2.05, 4.69) is 5.10 Å². The van der Waals surface area contributed by atoms with Crippen molar-refractivity contribution in [1.82, 2.24) is 9.78 Å². The molecule has 4 nitrogen and oxygen atoms in total. The van der Waals surface area contributed by atoms with Gasteiger partial charge in [-0.15, -0.1) is 0 Å². The molecule has 1 aromatic carbocycles. The lowest BCUT2D eigenvalue weighted by atomic mass is 10.3. The quantitative estimate of drug-likeness (QED) is 0.807. The molecule has 0 fully saturated rings. The van der Waals surface area contributed by atoms with E-state index in [0.717, 1.165) is 0 Å². The van der Waals surface area contributed by atoms with Crippen molar-refractivity contribution in [2.45, 2.75) is 6.92 Å². The van der Waals surface area contributed by atoms with Crippen LogP contribution in [0.2, 0.25) is 10.0 Å². The predicted molar refractivity (Wildman–Crippen MR) is 69.3 cm³/mol. The first kappa shape index (κ1) is 12.6. The van der Waals surface area contributed by atoms with Crippen LogP contribution in [0.25, 0.3) is 5.69 Å². The molecule has 0 bridgehead atoms. The van der Waals surface area contributed by atoms with Crippen molar-refractivity contribution in [3.05, 3.63) is 55.9 Å². The van der Waals surface area contributed by atoms with Crippen LogP contribution in [0.1, 0.15) is 11.4 Å². The number of nitriles is 1. The summed E-state index contributed by atoms with van der Waals surface area (Å²) in [4.78, 5) is 11.4. The number of nitrogens with zero attached hydrogens (tertiary/aromatic N) is 3. The summed E-state index contributed by atoms with van der Waals surface area (Å²) in [6.07, 6.45) is 0. The van der Waals surface area contributed by atoms with Gasteiger partial charge >= 0.3 is 0 Å². The van der Waals surface area contributed by atoms with E-state index >= 15 is 0 Å². The average Bonchev–Trinajstić information content (AvgIpc) is 2.33. The third kappa shape index (κ3) is 2.23. The van der Waals surface area contributed by atoms with E-state index < -0.39 is 5.43 Å². The van der Waals surface area contributed by atoms with Gasteiger partial charge < -0.3 is 0 Å². The van der Waals surface area contributed by atoms with Gasteiger partial charge in [0.1, 0.15) is 6.07 Å². The fraction of sp³-hybridized carbons (Fsp3) is 0.0833.